The molecule has 0 unspecified atom stereocenters. The molecular formula is C16H13NO4. The van der Waals surface area contributed by atoms with Crippen LogP contribution in [0.2, 0.25) is 0 Å². The van der Waals surface area contributed by atoms with Gasteiger partial charge in [0.15, 0.2) is 5.78 Å². The number of rotatable bonds is 5. The zero-order chi connectivity index (χ0) is 15.2. The van der Waals surface area contributed by atoms with Gasteiger partial charge in [0.05, 0.1) is 17.6 Å². The van der Waals surface area contributed by atoms with E-state index in [1.807, 2.05) is 0 Å². The average molecular weight is 283 g/mol. The van der Waals surface area contributed by atoms with E-state index in [1.54, 1.807) is 42.5 Å². The fraction of sp³-hybridized carbons (Fsp3) is 0.0625. The van der Waals surface area contributed by atoms with Gasteiger partial charge < -0.3 is 4.74 Å². The maximum Gasteiger partial charge on any atom is 0.269 e. The van der Waals surface area contributed by atoms with Gasteiger partial charge in [-0.3, -0.25) is 14.9 Å². The van der Waals surface area contributed by atoms with Crippen molar-refractivity contribution >= 4 is 17.5 Å². The number of carbonyl (C=O) groups is 1. The van der Waals surface area contributed by atoms with E-state index >= 15 is 0 Å². The van der Waals surface area contributed by atoms with Crippen LogP contribution < -0.4 is 4.74 Å². The minimum atomic E-state index is -0.465. The number of benzene rings is 2. The van der Waals surface area contributed by atoms with E-state index < -0.39 is 4.92 Å². The maximum atomic E-state index is 12.1. The number of ketones is 1. The lowest BCUT2D eigenvalue weighted by molar-refractivity contribution is -0.384. The van der Waals surface area contributed by atoms with Gasteiger partial charge in [-0.05, 0) is 35.9 Å². The van der Waals surface area contributed by atoms with Crippen molar-refractivity contribution in [1.29, 1.82) is 0 Å². The Morgan fingerprint density at radius 3 is 2.43 bits per heavy atom. The SMILES string of the molecule is COc1ccccc1C(=O)/C=C/c1ccc([N+](=O)[O-])cc1. The second kappa shape index (κ2) is 6.47. The molecule has 0 aromatic heterocycles. The van der Waals surface area contributed by atoms with Crippen LogP contribution >= 0.6 is 0 Å². The highest BCUT2D eigenvalue weighted by Crippen LogP contribution is 2.19. The number of allylic oxidation sites excluding steroid dienone is 1. The molecule has 0 aliphatic heterocycles. The first-order valence-corrected chi connectivity index (χ1v) is 6.21. The predicted octanol–water partition coefficient (Wildman–Crippen LogP) is 3.50. The van der Waals surface area contributed by atoms with E-state index in [2.05, 4.69) is 0 Å². The number of nitro benzene ring substituents is 1. The largest absolute Gasteiger partial charge is 0.496 e. The second-order valence-electron chi connectivity index (χ2n) is 4.25. The topological polar surface area (TPSA) is 69.4 Å². The number of carbonyl (C=O) groups excluding carboxylic acids is 1. The lowest BCUT2D eigenvalue weighted by Crippen LogP contribution is -1.98. The highest BCUT2D eigenvalue weighted by atomic mass is 16.6. The molecule has 2 rings (SSSR count). The minimum Gasteiger partial charge on any atom is -0.496 e. The molecule has 106 valence electrons. The van der Waals surface area contributed by atoms with Crippen LogP contribution in [0, 0.1) is 10.1 Å². The van der Waals surface area contributed by atoms with E-state index in [-0.39, 0.29) is 11.5 Å². The van der Waals surface area contributed by atoms with Crippen molar-refractivity contribution in [2.45, 2.75) is 0 Å². The van der Waals surface area contributed by atoms with E-state index in [0.717, 1.165) is 0 Å². The van der Waals surface area contributed by atoms with Crippen LogP contribution in [0.5, 0.6) is 5.75 Å². The first-order valence-electron chi connectivity index (χ1n) is 6.21. The molecule has 5 heteroatoms. The molecule has 5 nitrogen and oxygen atoms in total. The molecule has 0 radical (unpaired) electrons. The molecule has 0 amide bonds. The Labute approximate surface area is 121 Å². The Morgan fingerprint density at radius 2 is 1.81 bits per heavy atom. The number of non-ortho nitro benzene ring substituents is 1. The lowest BCUT2D eigenvalue weighted by atomic mass is 10.1. The van der Waals surface area contributed by atoms with Crippen molar-refractivity contribution in [2.24, 2.45) is 0 Å². The van der Waals surface area contributed by atoms with Gasteiger partial charge in [-0.2, -0.15) is 0 Å². The maximum absolute atomic E-state index is 12.1. The van der Waals surface area contributed by atoms with Crippen LogP contribution in [-0.4, -0.2) is 17.8 Å². The molecule has 0 aliphatic rings. The zero-order valence-electron chi connectivity index (χ0n) is 11.4. The standard InChI is InChI=1S/C16H13NO4/c1-21-16-5-3-2-4-14(16)15(18)11-8-12-6-9-13(10-7-12)17(19)20/h2-11H,1H3/b11-8+. The number of hydrogen-bond donors (Lipinski definition) is 0. The summed E-state index contributed by atoms with van der Waals surface area (Å²) in [6, 6.07) is 12.9. The summed E-state index contributed by atoms with van der Waals surface area (Å²) in [5.74, 6) is 0.321. The number of nitrogens with zero attached hydrogens (tertiary/aromatic N) is 1. The number of nitro groups is 1. The highest BCUT2D eigenvalue weighted by Gasteiger charge is 2.08. The summed E-state index contributed by atoms with van der Waals surface area (Å²) in [5, 5.41) is 10.6. The average Bonchev–Trinajstić information content (AvgIpc) is 2.52. The zero-order valence-corrected chi connectivity index (χ0v) is 11.4. The summed E-state index contributed by atoms with van der Waals surface area (Å²) in [5.41, 5.74) is 1.20. The van der Waals surface area contributed by atoms with Crippen molar-refractivity contribution < 1.29 is 14.5 Å². The third-order valence-corrected chi connectivity index (χ3v) is 2.90. The summed E-state index contributed by atoms with van der Waals surface area (Å²) in [6.07, 6.45) is 3.03. The fourth-order valence-corrected chi connectivity index (χ4v) is 1.82. The monoisotopic (exact) mass is 283 g/mol. The van der Waals surface area contributed by atoms with Gasteiger partial charge in [0.2, 0.25) is 0 Å². The third kappa shape index (κ3) is 3.54. The highest BCUT2D eigenvalue weighted by molar-refractivity contribution is 6.08. The normalized spacial score (nSPS) is 10.5. The fourth-order valence-electron chi connectivity index (χ4n) is 1.82. The molecule has 0 bridgehead atoms. The Morgan fingerprint density at radius 1 is 1.14 bits per heavy atom. The van der Waals surface area contributed by atoms with E-state index in [1.165, 1.54) is 25.3 Å². The molecular weight excluding hydrogens is 270 g/mol. The Kier molecular flexibility index (Phi) is 4.46. The summed E-state index contributed by atoms with van der Waals surface area (Å²) < 4.78 is 5.13. The van der Waals surface area contributed by atoms with Crippen LogP contribution in [0.4, 0.5) is 5.69 Å². The first kappa shape index (κ1) is 14.5. The van der Waals surface area contributed by atoms with Gasteiger partial charge in [0.1, 0.15) is 5.75 Å². The van der Waals surface area contributed by atoms with Crippen LogP contribution in [0.25, 0.3) is 6.08 Å². The summed E-state index contributed by atoms with van der Waals surface area (Å²) in [4.78, 5) is 22.2. The molecule has 2 aromatic carbocycles. The van der Waals surface area contributed by atoms with Crippen molar-refractivity contribution in [3.05, 3.63) is 75.8 Å². The molecule has 0 spiro atoms. The number of methoxy groups -OCH3 is 1. The Hall–Kier alpha value is -2.95. The molecule has 21 heavy (non-hydrogen) atoms. The van der Waals surface area contributed by atoms with Crippen LogP contribution in [-0.2, 0) is 0 Å². The predicted molar refractivity (Wildman–Crippen MR) is 79.5 cm³/mol. The molecule has 0 saturated carbocycles. The van der Waals surface area contributed by atoms with E-state index in [4.69, 9.17) is 4.74 Å². The van der Waals surface area contributed by atoms with Crippen molar-refractivity contribution in [3.8, 4) is 5.75 Å². The Bertz CT molecular complexity index is 690. The van der Waals surface area contributed by atoms with Crippen LogP contribution in [0.3, 0.4) is 0 Å². The van der Waals surface area contributed by atoms with Gasteiger partial charge in [-0.15, -0.1) is 0 Å². The molecule has 0 atom stereocenters. The van der Waals surface area contributed by atoms with Crippen molar-refractivity contribution in [2.75, 3.05) is 7.11 Å². The van der Waals surface area contributed by atoms with Gasteiger partial charge in [0, 0.05) is 12.1 Å². The second-order valence-corrected chi connectivity index (χ2v) is 4.25. The molecule has 2 aromatic rings. The molecule has 0 N–H and O–H groups in total. The van der Waals surface area contributed by atoms with Gasteiger partial charge in [-0.25, -0.2) is 0 Å². The molecule has 0 saturated heterocycles. The molecule has 0 heterocycles. The van der Waals surface area contributed by atoms with Crippen molar-refractivity contribution in [3.63, 3.8) is 0 Å². The molecule has 0 aliphatic carbocycles. The van der Waals surface area contributed by atoms with Crippen LogP contribution in [0.15, 0.2) is 54.6 Å². The first-order chi connectivity index (χ1) is 10.1. The number of hydrogen-bond acceptors (Lipinski definition) is 4. The van der Waals surface area contributed by atoms with Crippen molar-refractivity contribution in [1.82, 2.24) is 0 Å². The van der Waals surface area contributed by atoms with Gasteiger partial charge >= 0.3 is 0 Å². The third-order valence-electron chi connectivity index (χ3n) is 2.90. The quantitative estimate of drug-likeness (QED) is 0.364. The summed E-state index contributed by atoms with van der Waals surface area (Å²) >= 11 is 0. The summed E-state index contributed by atoms with van der Waals surface area (Å²) in [7, 11) is 1.51. The smallest absolute Gasteiger partial charge is 0.269 e. The van der Waals surface area contributed by atoms with E-state index in [0.29, 0.717) is 16.9 Å². The van der Waals surface area contributed by atoms with E-state index in [9.17, 15) is 14.9 Å². The van der Waals surface area contributed by atoms with Gasteiger partial charge in [0.25, 0.3) is 5.69 Å². The van der Waals surface area contributed by atoms with Crippen LogP contribution in [0.1, 0.15) is 15.9 Å². The molecule has 0 fully saturated rings. The van der Waals surface area contributed by atoms with Gasteiger partial charge in [-0.1, -0.05) is 18.2 Å². The minimum absolute atomic E-state index is 0.0169. The lowest BCUT2D eigenvalue weighted by Gasteiger charge is -2.04. The number of para-hydroxylation sites is 1. The number of ether oxygens (including phenoxy) is 1. The Balaban J connectivity index is 2.17. The summed E-state index contributed by atoms with van der Waals surface area (Å²) in [6.45, 7) is 0.